The van der Waals surface area contributed by atoms with E-state index < -0.39 is 11.2 Å². The van der Waals surface area contributed by atoms with Gasteiger partial charge in [-0.05, 0) is 144 Å². The van der Waals surface area contributed by atoms with E-state index in [1.807, 2.05) is 41.5 Å². The lowest BCUT2D eigenvalue weighted by molar-refractivity contribution is -0.162. The highest BCUT2D eigenvalue weighted by Gasteiger charge is 2.56. The Morgan fingerprint density at radius 1 is 0.729 bits per heavy atom. The van der Waals surface area contributed by atoms with Crippen molar-refractivity contribution in [3.8, 4) is 0 Å². The number of carbonyl (C=O) groups is 2. The van der Waals surface area contributed by atoms with Crippen LogP contribution in [0.4, 0.5) is 0 Å². The zero-order valence-corrected chi connectivity index (χ0v) is 30.5. The van der Waals surface area contributed by atoms with Crippen molar-refractivity contribution in [2.45, 2.75) is 104 Å². The molecule has 4 aliphatic carbocycles. The number of esters is 2. The van der Waals surface area contributed by atoms with Crippen LogP contribution in [-0.4, -0.2) is 29.2 Å². The fourth-order valence-electron chi connectivity index (χ4n) is 10.2. The Balaban J connectivity index is 1.31. The molecule has 4 fully saturated rings. The number of rotatable bonds is 12. The molecule has 0 heterocycles. The monoisotopic (exact) mass is 655 g/mol. The summed E-state index contributed by atoms with van der Waals surface area (Å²) < 4.78 is 11.9. The van der Waals surface area contributed by atoms with Crippen LogP contribution in [0.3, 0.4) is 0 Å². The molecule has 4 aliphatic rings. The fraction of sp³-hybridized carbons (Fsp3) is 0.628. The molecule has 0 spiro atoms. The highest BCUT2D eigenvalue weighted by molar-refractivity contribution is 5.75. The van der Waals surface area contributed by atoms with E-state index >= 15 is 0 Å². The van der Waals surface area contributed by atoms with Crippen LogP contribution in [-0.2, 0) is 32.0 Å². The van der Waals surface area contributed by atoms with Crippen LogP contribution in [0.5, 0.6) is 0 Å². The van der Waals surface area contributed by atoms with Crippen molar-refractivity contribution in [3.05, 3.63) is 86.0 Å². The molecule has 0 aliphatic heterocycles. The molecule has 1 aromatic carbocycles. The molecular weight excluding hydrogens is 594 g/mol. The van der Waals surface area contributed by atoms with Gasteiger partial charge in [-0.25, -0.2) is 0 Å². The predicted octanol–water partition coefficient (Wildman–Crippen LogP) is 8.90. The Morgan fingerprint density at radius 3 is 1.79 bits per heavy atom. The standard InChI is InChI=1S/C43H61NO4/c1-11-28-21-30(13-3)37-32(35(23-33(28)37)40(45)47-42(5,6)7)19-18-26-16-15-17-27(20-26)25-44-39-36(41(46)48-43(8,9)10)24-34-29(12-2)22-31(14-4)38(34)39/h11-17,20,28-39,44H,1-4,18-19,21-25H2,5-10H3. The number of aryl methyl sites for hydroxylation is 1. The summed E-state index contributed by atoms with van der Waals surface area (Å²) >= 11 is 0. The normalized spacial score (nSPS) is 35.8. The first-order valence-electron chi connectivity index (χ1n) is 18.4. The summed E-state index contributed by atoms with van der Waals surface area (Å²) in [7, 11) is 0. The Labute approximate surface area is 290 Å². The minimum atomic E-state index is -0.526. The highest BCUT2D eigenvalue weighted by Crippen LogP contribution is 2.58. The summed E-state index contributed by atoms with van der Waals surface area (Å²) in [6, 6.07) is 8.84. The topological polar surface area (TPSA) is 64.6 Å². The molecule has 12 unspecified atom stereocenters. The zero-order valence-electron chi connectivity index (χ0n) is 30.5. The summed E-state index contributed by atoms with van der Waals surface area (Å²) in [6.45, 7) is 29.0. The molecule has 0 aromatic heterocycles. The lowest BCUT2D eigenvalue weighted by Crippen LogP contribution is -2.44. The highest BCUT2D eigenvalue weighted by atomic mass is 16.6. The SMILES string of the molecule is C=CC1CC(C=C)C2C1CC(C(=O)OC(C)(C)C)C2CCc1cccc(CNC2C(C(=O)OC(C)(C)C)CC3C(C=C)CC(C=C)C32)c1. The maximum absolute atomic E-state index is 13.6. The molecule has 1 aromatic rings. The van der Waals surface area contributed by atoms with E-state index in [9.17, 15) is 9.59 Å². The van der Waals surface area contributed by atoms with Crippen LogP contribution in [0.15, 0.2) is 74.9 Å². The van der Waals surface area contributed by atoms with Crippen molar-refractivity contribution in [2.75, 3.05) is 0 Å². The van der Waals surface area contributed by atoms with E-state index in [4.69, 9.17) is 9.47 Å². The van der Waals surface area contributed by atoms with E-state index in [1.165, 1.54) is 11.1 Å². The van der Waals surface area contributed by atoms with E-state index in [0.29, 0.717) is 53.9 Å². The minimum absolute atomic E-state index is 0.0162. The molecule has 4 saturated carbocycles. The van der Waals surface area contributed by atoms with Gasteiger partial charge < -0.3 is 14.8 Å². The maximum atomic E-state index is 13.6. The van der Waals surface area contributed by atoms with Gasteiger partial charge in [0.25, 0.3) is 0 Å². The fourth-order valence-corrected chi connectivity index (χ4v) is 10.2. The van der Waals surface area contributed by atoms with Gasteiger partial charge in [-0.3, -0.25) is 9.59 Å². The molecule has 0 radical (unpaired) electrons. The van der Waals surface area contributed by atoms with Gasteiger partial charge in [-0.1, -0.05) is 48.6 Å². The third kappa shape index (κ3) is 7.77. The molecule has 0 amide bonds. The maximum Gasteiger partial charge on any atom is 0.311 e. The second kappa shape index (κ2) is 14.5. The van der Waals surface area contributed by atoms with E-state index in [2.05, 4.69) is 80.2 Å². The van der Waals surface area contributed by atoms with E-state index in [-0.39, 0.29) is 35.7 Å². The number of ether oxygens (including phenoxy) is 2. The molecule has 0 bridgehead atoms. The number of nitrogens with one attached hydrogen (secondary N) is 1. The van der Waals surface area contributed by atoms with E-state index in [1.54, 1.807) is 0 Å². The zero-order chi connectivity index (χ0) is 35.0. The lowest BCUT2D eigenvalue weighted by Gasteiger charge is -2.30. The van der Waals surface area contributed by atoms with Gasteiger partial charge in [0.1, 0.15) is 11.2 Å². The van der Waals surface area contributed by atoms with Crippen LogP contribution in [0, 0.1) is 65.1 Å². The molecule has 1 N–H and O–H groups in total. The first-order valence-corrected chi connectivity index (χ1v) is 18.4. The predicted molar refractivity (Wildman–Crippen MR) is 195 cm³/mol. The number of allylic oxidation sites excluding steroid dienone is 4. The molecule has 12 atom stereocenters. The molecule has 5 heteroatoms. The third-order valence-corrected chi connectivity index (χ3v) is 12.0. The van der Waals surface area contributed by atoms with Gasteiger partial charge in [0.15, 0.2) is 0 Å². The van der Waals surface area contributed by atoms with Gasteiger partial charge in [-0.2, -0.15) is 0 Å². The Bertz CT molecular complexity index is 1270. The van der Waals surface area contributed by atoms with Crippen molar-refractivity contribution < 1.29 is 19.1 Å². The van der Waals surface area contributed by atoms with Gasteiger partial charge in [0.05, 0.1) is 11.8 Å². The largest absolute Gasteiger partial charge is 0.460 e. The molecule has 0 saturated heterocycles. The number of benzene rings is 1. The van der Waals surface area contributed by atoms with Gasteiger partial charge >= 0.3 is 11.9 Å². The summed E-state index contributed by atoms with van der Waals surface area (Å²) in [5.41, 5.74) is 1.45. The summed E-state index contributed by atoms with van der Waals surface area (Å²) in [6.07, 6.45) is 14.0. The van der Waals surface area contributed by atoms with Crippen molar-refractivity contribution in [2.24, 2.45) is 65.1 Å². The average molecular weight is 656 g/mol. The van der Waals surface area contributed by atoms with Crippen LogP contribution >= 0.6 is 0 Å². The van der Waals surface area contributed by atoms with Gasteiger partial charge in [-0.15, -0.1) is 26.3 Å². The number of fused-ring (bicyclic) bond motifs is 2. The van der Waals surface area contributed by atoms with Crippen molar-refractivity contribution in [1.82, 2.24) is 5.32 Å². The Hall–Kier alpha value is -2.92. The Morgan fingerprint density at radius 2 is 1.23 bits per heavy atom. The summed E-state index contributed by atoms with van der Waals surface area (Å²) in [4.78, 5) is 27.1. The number of hydrogen-bond acceptors (Lipinski definition) is 5. The Kier molecular flexibility index (Phi) is 11.0. The van der Waals surface area contributed by atoms with Crippen LogP contribution in [0.1, 0.15) is 84.8 Å². The molecule has 5 nitrogen and oxygen atoms in total. The second-order valence-electron chi connectivity index (χ2n) is 17.2. The summed E-state index contributed by atoms with van der Waals surface area (Å²) in [5.74, 6) is 2.96. The van der Waals surface area contributed by atoms with Crippen LogP contribution < -0.4 is 5.32 Å². The van der Waals surface area contributed by atoms with E-state index in [0.717, 1.165) is 38.5 Å². The van der Waals surface area contributed by atoms with Crippen molar-refractivity contribution in [3.63, 3.8) is 0 Å². The molecule has 5 rings (SSSR count). The average Bonchev–Trinajstić information content (AvgIpc) is 3.76. The van der Waals surface area contributed by atoms with Crippen molar-refractivity contribution in [1.29, 1.82) is 0 Å². The van der Waals surface area contributed by atoms with Gasteiger partial charge in [0, 0.05) is 12.6 Å². The van der Waals surface area contributed by atoms with Gasteiger partial charge in [0.2, 0.25) is 0 Å². The smallest absolute Gasteiger partial charge is 0.311 e. The number of hydrogen-bond donors (Lipinski definition) is 1. The second-order valence-corrected chi connectivity index (χ2v) is 17.2. The molecular formula is C43H61NO4. The number of carbonyl (C=O) groups excluding carboxylic acids is 2. The molecule has 48 heavy (non-hydrogen) atoms. The summed E-state index contributed by atoms with van der Waals surface area (Å²) in [5, 5.41) is 3.85. The third-order valence-electron chi connectivity index (χ3n) is 12.0. The van der Waals surface area contributed by atoms with Crippen LogP contribution in [0.2, 0.25) is 0 Å². The van der Waals surface area contributed by atoms with Crippen molar-refractivity contribution >= 4 is 11.9 Å². The molecule has 262 valence electrons. The lowest BCUT2D eigenvalue weighted by atomic mass is 9.78. The first-order chi connectivity index (χ1) is 22.7. The van der Waals surface area contributed by atoms with Crippen LogP contribution in [0.25, 0.3) is 0 Å². The minimum Gasteiger partial charge on any atom is -0.460 e. The first kappa shape index (κ1) is 36.4. The quantitative estimate of drug-likeness (QED) is 0.180.